The first-order chi connectivity index (χ1) is 9.04. The van der Waals surface area contributed by atoms with E-state index < -0.39 is 4.92 Å². The summed E-state index contributed by atoms with van der Waals surface area (Å²) in [5.74, 6) is 1.38. The molecule has 19 heavy (non-hydrogen) atoms. The topological polar surface area (TPSA) is 107 Å². The summed E-state index contributed by atoms with van der Waals surface area (Å²) in [5, 5.41) is 17.4. The van der Waals surface area contributed by atoms with Gasteiger partial charge >= 0.3 is 0 Å². The monoisotopic (exact) mass is 283 g/mol. The second-order valence-corrected chi connectivity index (χ2v) is 4.08. The largest absolute Gasteiger partial charge is 0.369 e. The zero-order chi connectivity index (χ0) is 13.8. The molecule has 2 rings (SSSR count). The van der Waals surface area contributed by atoms with Gasteiger partial charge in [-0.15, -0.1) is 0 Å². The number of aromatic nitrogens is 3. The van der Waals surface area contributed by atoms with Gasteiger partial charge in [-0.2, -0.15) is 4.98 Å². The minimum atomic E-state index is -0.527. The van der Waals surface area contributed by atoms with E-state index >= 15 is 0 Å². The minimum Gasteiger partial charge on any atom is -0.369 e. The van der Waals surface area contributed by atoms with Crippen LogP contribution < -0.4 is 5.32 Å². The third-order valence-electron chi connectivity index (χ3n) is 2.21. The summed E-state index contributed by atoms with van der Waals surface area (Å²) in [4.78, 5) is 18.1. The van der Waals surface area contributed by atoms with E-state index in [2.05, 4.69) is 20.4 Å². The SMILES string of the molecule is Cc1nc(CCNc2cc([N+](=O)[O-])cc(Cl)n2)no1. The number of halogens is 1. The summed E-state index contributed by atoms with van der Waals surface area (Å²) < 4.78 is 4.82. The molecule has 2 aromatic rings. The molecule has 0 atom stereocenters. The van der Waals surface area contributed by atoms with Gasteiger partial charge in [0, 0.05) is 19.9 Å². The van der Waals surface area contributed by atoms with Crippen molar-refractivity contribution in [3.8, 4) is 0 Å². The van der Waals surface area contributed by atoms with Gasteiger partial charge in [0.2, 0.25) is 5.89 Å². The highest BCUT2D eigenvalue weighted by Gasteiger charge is 2.10. The smallest absolute Gasteiger partial charge is 0.276 e. The Bertz CT molecular complexity index is 601. The standard InChI is InChI=1S/C10H10ClN5O3/c1-6-13-9(15-19-6)2-3-12-10-5-7(16(17)18)4-8(11)14-10/h4-5H,2-3H2,1H3,(H,12,14). The van der Waals surface area contributed by atoms with Crippen LogP contribution in [0.15, 0.2) is 16.7 Å². The zero-order valence-corrected chi connectivity index (χ0v) is 10.7. The van der Waals surface area contributed by atoms with E-state index in [4.69, 9.17) is 16.1 Å². The Morgan fingerprint density at radius 2 is 2.26 bits per heavy atom. The molecule has 0 unspecified atom stereocenters. The Balaban J connectivity index is 1.97. The maximum absolute atomic E-state index is 10.7. The van der Waals surface area contributed by atoms with E-state index in [0.717, 1.165) is 0 Å². The molecule has 1 N–H and O–H groups in total. The molecule has 2 heterocycles. The molecule has 0 bridgehead atoms. The third kappa shape index (κ3) is 3.62. The number of hydrogen-bond donors (Lipinski definition) is 1. The van der Waals surface area contributed by atoms with Crippen LogP contribution in [0.2, 0.25) is 5.15 Å². The molecule has 2 aromatic heterocycles. The van der Waals surface area contributed by atoms with E-state index in [1.807, 2.05) is 0 Å². The first-order valence-corrected chi connectivity index (χ1v) is 5.77. The summed E-state index contributed by atoms with van der Waals surface area (Å²) in [5.41, 5.74) is -0.113. The van der Waals surface area contributed by atoms with Crippen LogP contribution in [0.5, 0.6) is 0 Å². The van der Waals surface area contributed by atoms with E-state index in [9.17, 15) is 10.1 Å². The summed E-state index contributed by atoms with van der Waals surface area (Å²) in [6, 6.07) is 2.50. The maximum atomic E-state index is 10.7. The summed E-state index contributed by atoms with van der Waals surface area (Å²) >= 11 is 5.70. The molecular weight excluding hydrogens is 274 g/mol. The van der Waals surface area contributed by atoms with Crippen molar-refractivity contribution >= 4 is 23.1 Å². The van der Waals surface area contributed by atoms with Crippen molar-refractivity contribution in [3.05, 3.63) is 39.1 Å². The van der Waals surface area contributed by atoms with Gasteiger partial charge in [0.25, 0.3) is 5.69 Å². The summed E-state index contributed by atoms with van der Waals surface area (Å²) in [6.45, 7) is 2.16. The first-order valence-electron chi connectivity index (χ1n) is 5.39. The van der Waals surface area contributed by atoms with Gasteiger partial charge in [0.1, 0.15) is 11.0 Å². The molecule has 0 aromatic carbocycles. The fraction of sp³-hybridized carbons (Fsp3) is 0.300. The van der Waals surface area contributed by atoms with Crippen LogP contribution in [-0.2, 0) is 6.42 Å². The Hall–Kier alpha value is -2.22. The van der Waals surface area contributed by atoms with Crippen LogP contribution in [0.3, 0.4) is 0 Å². The van der Waals surface area contributed by atoms with Gasteiger partial charge in [-0.25, -0.2) is 4.98 Å². The van der Waals surface area contributed by atoms with Crippen LogP contribution >= 0.6 is 11.6 Å². The fourth-order valence-corrected chi connectivity index (χ4v) is 1.63. The van der Waals surface area contributed by atoms with Crippen molar-refractivity contribution < 1.29 is 9.45 Å². The lowest BCUT2D eigenvalue weighted by molar-refractivity contribution is -0.384. The number of nitro groups is 1. The van der Waals surface area contributed by atoms with Crippen LogP contribution in [0, 0.1) is 17.0 Å². The van der Waals surface area contributed by atoms with Gasteiger partial charge in [0.15, 0.2) is 5.82 Å². The molecule has 0 aliphatic rings. The van der Waals surface area contributed by atoms with Gasteiger partial charge in [-0.05, 0) is 0 Å². The number of anilines is 1. The van der Waals surface area contributed by atoms with E-state index in [-0.39, 0.29) is 10.8 Å². The molecule has 0 amide bonds. The lowest BCUT2D eigenvalue weighted by Gasteiger charge is -2.03. The molecule has 0 aliphatic heterocycles. The minimum absolute atomic E-state index is 0.0621. The van der Waals surface area contributed by atoms with Crippen LogP contribution in [0.4, 0.5) is 11.5 Å². The zero-order valence-electron chi connectivity index (χ0n) is 9.96. The molecule has 8 nitrogen and oxygen atoms in total. The Kier molecular flexibility index (Phi) is 3.91. The van der Waals surface area contributed by atoms with E-state index in [1.54, 1.807) is 6.92 Å². The van der Waals surface area contributed by atoms with Crippen molar-refractivity contribution in [2.24, 2.45) is 0 Å². The van der Waals surface area contributed by atoms with Crippen LogP contribution in [-0.4, -0.2) is 26.6 Å². The Labute approximate surface area is 112 Å². The molecule has 100 valence electrons. The predicted octanol–water partition coefficient (Wildman–Crippen LogP) is 1.99. The van der Waals surface area contributed by atoms with E-state index in [0.29, 0.717) is 30.5 Å². The number of pyridine rings is 1. The van der Waals surface area contributed by atoms with Crippen molar-refractivity contribution in [1.29, 1.82) is 0 Å². The van der Waals surface area contributed by atoms with Crippen molar-refractivity contribution in [1.82, 2.24) is 15.1 Å². The number of hydrogen-bond acceptors (Lipinski definition) is 7. The van der Waals surface area contributed by atoms with Crippen molar-refractivity contribution in [2.75, 3.05) is 11.9 Å². The Morgan fingerprint density at radius 1 is 1.47 bits per heavy atom. The maximum Gasteiger partial charge on any atom is 0.276 e. The summed E-state index contributed by atoms with van der Waals surface area (Å²) in [7, 11) is 0. The molecule has 0 spiro atoms. The molecule has 0 aliphatic carbocycles. The average Bonchev–Trinajstić information content (AvgIpc) is 2.74. The van der Waals surface area contributed by atoms with Crippen LogP contribution in [0.1, 0.15) is 11.7 Å². The highest BCUT2D eigenvalue weighted by molar-refractivity contribution is 6.29. The third-order valence-corrected chi connectivity index (χ3v) is 2.41. The molecule has 0 saturated heterocycles. The average molecular weight is 284 g/mol. The normalized spacial score (nSPS) is 10.4. The van der Waals surface area contributed by atoms with Crippen molar-refractivity contribution in [3.63, 3.8) is 0 Å². The van der Waals surface area contributed by atoms with E-state index in [1.165, 1.54) is 12.1 Å². The summed E-state index contributed by atoms with van der Waals surface area (Å²) in [6.07, 6.45) is 0.513. The molecular formula is C10H10ClN5O3. The van der Waals surface area contributed by atoms with Gasteiger partial charge in [-0.3, -0.25) is 10.1 Å². The van der Waals surface area contributed by atoms with Crippen LogP contribution in [0.25, 0.3) is 0 Å². The quantitative estimate of drug-likeness (QED) is 0.508. The lowest BCUT2D eigenvalue weighted by atomic mass is 10.3. The molecule has 0 saturated carbocycles. The Morgan fingerprint density at radius 3 is 2.89 bits per heavy atom. The number of nitrogens with zero attached hydrogens (tertiary/aromatic N) is 4. The molecule has 9 heteroatoms. The van der Waals surface area contributed by atoms with Gasteiger partial charge in [0.05, 0.1) is 17.1 Å². The van der Waals surface area contributed by atoms with Crippen molar-refractivity contribution in [2.45, 2.75) is 13.3 Å². The number of rotatable bonds is 5. The fourth-order valence-electron chi connectivity index (χ4n) is 1.42. The first kappa shape index (κ1) is 13.2. The molecule has 0 radical (unpaired) electrons. The van der Waals surface area contributed by atoms with Gasteiger partial charge < -0.3 is 9.84 Å². The number of aryl methyl sites for hydroxylation is 1. The highest BCUT2D eigenvalue weighted by Crippen LogP contribution is 2.20. The predicted molar refractivity (Wildman–Crippen MR) is 67.1 cm³/mol. The van der Waals surface area contributed by atoms with Gasteiger partial charge in [-0.1, -0.05) is 16.8 Å². The number of nitrogens with one attached hydrogen (secondary N) is 1. The lowest BCUT2D eigenvalue weighted by Crippen LogP contribution is -2.07. The second-order valence-electron chi connectivity index (χ2n) is 3.70. The molecule has 0 fully saturated rings. The second kappa shape index (κ2) is 5.61. The highest BCUT2D eigenvalue weighted by atomic mass is 35.5.